The molecule has 2 bridgehead atoms. The lowest BCUT2D eigenvalue weighted by Crippen LogP contribution is -2.47. The number of hydrogen-bond acceptors (Lipinski definition) is 5. The molecule has 0 aromatic heterocycles. The lowest BCUT2D eigenvalue weighted by molar-refractivity contribution is 0.100. The molecule has 0 radical (unpaired) electrons. The van der Waals surface area contributed by atoms with E-state index in [1.54, 1.807) is 6.07 Å². The van der Waals surface area contributed by atoms with Gasteiger partial charge in [-0.3, -0.25) is 9.00 Å². The molecule has 2 aliphatic heterocycles. The van der Waals surface area contributed by atoms with Crippen LogP contribution < -0.4 is 9.64 Å². The van der Waals surface area contributed by atoms with Crippen LogP contribution in [0.1, 0.15) is 74.4 Å². The third-order valence-corrected chi connectivity index (χ3v) is 11.0. The molecule has 6 atom stereocenters. The van der Waals surface area contributed by atoms with Crippen molar-refractivity contribution >= 4 is 33.8 Å². The number of carbonyl (C=O) groups is 1. The topological polar surface area (TPSA) is 79.2 Å². The van der Waals surface area contributed by atoms with Crippen molar-refractivity contribution in [3.63, 3.8) is 0 Å². The smallest absolute Gasteiger partial charge is 0.284 e. The molecule has 6 nitrogen and oxygen atoms in total. The predicted octanol–water partition coefficient (Wildman–Crippen LogP) is 6.38. The van der Waals surface area contributed by atoms with Crippen molar-refractivity contribution in [3.8, 4) is 5.75 Å². The van der Waals surface area contributed by atoms with Crippen LogP contribution in [0.2, 0.25) is 5.02 Å². The Morgan fingerprint density at radius 2 is 2.05 bits per heavy atom. The first kappa shape index (κ1) is 29.2. The van der Waals surface area contributed by atoms with Crippen LogP contribution >= 0.6 is 11.6 Å². The van der Waals surface area contributed by atoms with Gasteiger partial charge in [0.05, 0.1) is 18.4 Å². The number of aliphatic hydroxyl groups excluding tert-OH is 1. The second-order valence-corrected chi connectivity index (χ2v) is 14.0. The van der Waals surface area contributed by atoms with E-state index < -0.39 is 22.6 Å². The van der Waals surface area contributed by atoms with Gasteiger partial charge in [-0.1, -0.05) is 50.1 Å². The van der Waals surface area contributed by atoms with Crippen LogP contribution in [0.3, 0.4) is 0 Å². The average Bonchev–Trinajstić information content (AvgIpc) is 3.08. The highest BCUT2D eigenvalue weighted by atomic mass is 35.5. The van der Waals surface area contributed by atoms with Gasteiger partial charge in [0, 0.05) is 44.9 Å². The Morgan fingerprint density at radius 3 is 2.85 bits per heavy atom. The van der Waals surface area contributed by atoms with Gasteiger partial charge in [0.15, 0.2) is 0 Å². The van der Waals surface area contributed by atoms with Crippen molar-refractivity contribution < 1.29 is 18.8 Å². The number of allylic oxidation sites excluding steroid dienone is 1. The van der Waals surface area contributed by atoms with Crippen LogP contribution in [0.25, 0.3) is 0 Å². The molecule has 1 amide bonds. The number of anilines is 1. The fraction of sp³-hybridized carbons (Fsp3) is 0.531. The quantitative estimate of drug-likeness (QED) is 0.300. The first-order valence-corrected chi connectivity index (χ1v) is 16.2. The fourth-order valence-corrected chi connectivity index (χ4v) is 7.68. The zero-order valence-electron chi connectivity index (χ0n) is 23.7. The van der Waals surface area contributed by atoms with Crippen LogP contribution in [0.5, 0.6) is 5.75 Å². The van der Waals surface area contributed by atoms with E-state index in [1.165, 1.54) is 11.1 Å². The minimum atomic E-state index is -2.08. The Balaban J connectivity index is 1.60. The number of amides is 1. The van der Waals surface area contributed by atoms with Crippen LogP contribution in [-0.4, -0.2) is 46.3 Å². The number of benzene rings is 2. The van der Waals surface area contributed by atoms with Gasteiger partial charge in [0.25, 0.3) is 5.91 Å². The molecule has 1 aliphatic carbocycles. The third-order valence-electron chi connectivity index (χ3n) is 9.14. The van der Waals surface area contributed by atoms with Crippen molar-refractivity contribution in [2.45, 2.75) is 76.1 Å². The van der Waals surface area contributed by atoms with Gasteiger partial charge < -0.3 is 14.7 Å². The van der Waals surface area contributed by atoms with Crippen molar-refractivity contribution in [3.05, 3.63) is 70.3 Å². The van der Waals surface area contributed by atoms with Gasteiger partial charge in [-0.25, -0.2) is 0 Å². The van der Waals surface area contributed by atoms with Gasteiger partial charge in [0.1, 0.15) is 5.75 Å². The molecule has 5 rings (SSSR count). The summed E-state index contributed by atoms with van der Waals surface area (Å²) in [6, 6.07) is 11.7. The maximum absolute atomic E-state index is 13.2. The van der Waals surface area contributed by atoms with Gasteiger partial charge in [0.2, 0.25) is 0 Å². The molecule has 0 saturated heterocycles. The largest absolute Gasteiger partial charge is 0.490 e. The summed E-state index contributed by atoms with van der Waals surface area (Å²) >= 11 is 6.38. The molecular weight excluding hydrogens is 544 g/mol. The minimum Gasteiger partial charge on any atom is -0.490 e. The summed E-state index contributed by atoms with van der Waals surface area (Å²) in [5.41, 5.74) is 3.61. The lowest BCUT2D eigenvalue weighted by atomic mass is 9.70. The highest BCUT2D eigenvalue weighted by molar-refractivity contribution is 7.76. The van der Waals surface area contributed by atoms with Gasteiger partial charge in [-0.2, -0.15) is 4.36 Å². The van der Waals surface area contributed by atoms with E-state index in [-0.39, 0.29) is 22.5 Å². The monoisotopic (exact) mass is 584 g/mol. The van der Waals surface area contributed by atoms with Gasteiger partial charge in [-0.15, -0.1) is 0 Å². The van der Waals surface area contributed by atoms with Crippen LogP contribution in [-0.2, 0) is 22.4 Å². The molecule has 2 aromatic carbocycles. The molecule has 40 heavy (non-hydrogen) atoms. The SMILES string of the molecule is CC[C@@H]1C[C@@H](O)/C=C/C[C@H](C)[C@@H](C)/[SH](=O)=N\C(=O)c2ccc3c(c2)N(C1)C[C@@]1(CCCc2cc(Cl)ccc21)CO3. The predicted molar refractivity (Wildman–Crippen MR) is 163 cm³/mol. The Bertz CT molecular complexity index is 1370. The van der Waals surface area contributed by atoms with Crippen molar-refractivity contribution in [2.24, 2.45) is 16.2 Å². The highest BCUT2D eigenvalue weighted by Crippen LogP contribution is 2.45. The number of hydrogen-bond donors (Lipinski definition) is 2. The standard InChI is InChI=1S/C32H41ClN2O4S/c1-4-23-15-27(36)9-5-7-21(2)22(3)40(38)34-31(37)25-10-13-30-29(17-25)35(18-23)19-32(20-39-30)14-6-8-24-16-26(33)11-12-28(24)32/h5,9-13,16-17,21-23,27,36,40H,4,6-8,14-15,18-20H2,1-3H3/b9-5+/t21-,22+,23+,27-,32-/m0/s1. The molecular formula is C32H41ClN2O4S. The van der Waals surface area contributed by atoms with Crippen molar-refractivity contribution in [1.29, 1.82) is 0 Å². The number of carbonyl (C=O) groups excluding carboxylic acids is 1. The molecule has 0 fully saturated rings. The second kappa shape index (κ2) is 12.3. The van der Waals surface area contributed by atoms with Crippen molar-refractivity contribution in [1.82, 2.24) is 0 Å². The second-order valence-electron chi connectivity index (χ2n) is 12.0. The number of thiol groups is 1. The zero-order valence-corrected chi connectivity index (χ0v) is 25.3. The Morgan fingerprint density at radius 1 is 1.23 bits per heavy atom. The third kappa shape index (κ3) is 6.12. The first-order valence-electron chi connectivity index (χ1n) is 14.6. The first-order chi connectivity index (χ1) is 19.2. The van der Waals surface area contributed by atoms with Crippen LogP contribution in [0, 0.1) is 11.8 Å². The van der Waals surface area contributed by atoms with E-state index in [2.05, 4.69) is 28.3 Å². The lowest BCUT2D eigenvalue weighted by Gasteiger charge is -2.41. The maximum atomic E-state index is 13.2. The van der Waals surface area contributed by atoms with E-state index in [1.807, 2.05) is 44.2 Å². The van der Waals surface area contributed by atoms with Crippen LogP contribution in [0.15, 0.2) is 52.9 Å². The summed E-state index contributed by atoms with van der Waals surface area (Å²) in [6.07, 6.45) is 8.57. The molecule has 1 spiro atoms. The van der Waals surface area contributed by atoms with Gasteiger partial charge >= 0.3 is 0 Å². The molecule has 2 heterocycles. The number of aliphatic hydroxyl groups is 1. The zero-order chi connectivity index (χ0) is 28.4. The van der Waals surface area contributed by atoms with E-state index >= 15 is 0 Å². The average molecular weight is 585 g/mol. The molecule has 2 aromatic rings. The number of aryl methyl sites for hydroxylation is 1. The number of halogens is 1. The molecule has 3 aliphatic rings. The molecule has 8 heteroatoms. The fourth-order valence-electron chi connectivity index (χ4n) is 6.45. The Labute approximate surface area is 245 Å². The number of fused-ring (bicyclic) bond motifs is 3. The van der Waals surface area contributed by atoms with E-state index in [4.69, 9.17) is 16.3 Å². The number of rotatable bonds is 1. The van der Waals surface area contributed by atoms with E-state index in [9.17, 15) is 14.1 Å². The van der Waals surface area contributed by atoms with Gasteiger partial charge in [-0.05, 0) is 92.3 Å². The molecule has 0 saturated carbocycles. The summed E-state index contributed by atoms with van der Waals surface area (Å²) in [6.45, 7) is 8.04. The Kier molecular flexibility index (Phi) is 8.93. The molecule has 1 N–H and O–H groups in total. The van der Waals surface area contributed by atoms with Crippen LogP contribution in [0.4, 0.5) is 5.69 Å². The van der Waals surface area contributed by atoms with E-state index in [0.717, 1.165) is 55.2 Å². The Hall–Kier alpha value is -2.35. The number of ether oxygens (including phenoxy) is 1. The highest BCUT2D eigenvalue weighted by Gasteiger charge is 2.42. The van der Waals surface area contributed by atoms with Crippen molar-refractivity contribution in [2.75, 3.05) is 24.6 Å². The maximum Gasteiger partial charge on any atom is 0.284 e. The summed E-state index contributed by atoms with van der Waals surface area (Å²) in [5, 5.41) is 11.4. The normalized spacial score (nSPS) is 32.4. The summed E-state index contributed by atoms with van der Waals surface area (Å²) in [5.74, 6) is 0.583. The summed E-state index contributed by atoms with van der Waals surface area (Å²) < 4.78 is 23.7. The molecule has 1 unspecified atom stereocenters. The summed E-state index contributed by atoms with van der Waals surface area (Å²) in [7, 11) is -2.08. The van der Waals surface area contributed by atoms with E-state index in [0.29, 0.717) is 25.0 Å². The molecule has 216 valence electrons. The number of nitrogens with zero attached hydrogens (tertiary/aromatic N) is 2. The summed E-state index contributed by atoms with van der Waals surface area (Å²) in [4.78, 5) is 15.6. The minimum absolute atomic E-state index is 0.0684.